The van der Waals surface area contributed by atoms with Crippen LogP contribution in [0.4, 0.5) is 0 Å². The van der Waals surface area contributed by atoms with Gasteiger partial charge in [-0.2, -0.15) is 0 Å². The van der Waals surface area contributed by atoms with Crippen LogP contribution in [0.2, 0.25) is 0 Å². The van der Waals surface area contributed by atoms with Gasteiger partial charge in [0.2, 0.25) is 0 Å². The van der Waals surface area contributed by atoms with Crippen molar-refractivity contribution in [1.82, 2.24) is 0 Å². The summed E-state index contributed by atoms with van der Waals surface area (Å²) in [5, 5.41) is 46.6. The average Bonchev–Trinajstić information content (AvgIpc) is 4.17. The van der Waals surface area contributed by atoms with Gasteiger partial charge in [-0.15, -0.1) is 0 Å². The lowest BCUT2D eigenvalue weighted by Crippen LogP contribution is -2.30. The lowest BCUT2D eigenvalue weighted by Gasteiger charge is -2.20. The number of aliphatic hydroxyl groups excluding tert-OH is 5. The van der Waals surface area contributed by atoms with Crippen molar-refractivity contribution in [3.8, 4) is 0 Å². The summed E-state index contributed by atoms with van der Waals surface area (Å²) in [6.45, 7) is 16.8. The van der Waals surface area contributed by atoms with Crippen LogP contribution in [-0.4, -0.2) is 142 Å². The lowest BCUT2D eigenvalue weighted by molar-refractivity contribution is -0.0854. The molecule has 0 aliphatic carbocycles. The summed E-state index contributed by atoms with van der Waals surface area (Å²) in [4.78, 5) is 0. The van der Waals surface area contributed by atoms with Crippen LogP contribution in [0.25, 0.3) is 0 Å². The first kappa shape index (κ1) is 56.5. The van der Waals surface area contributed by atoms with Gasteiger partial charge in [-0.1, -0.05) is 89.1 Å². The number of rotatable bonds is 29. The maximum atomic E-state index is 10.6. The van der Waals surface area contributed by atoms with Crippen LogP contribution in [0, 0.1) is 23.7 Å². The van der Waals surface area contributed by atoms with Crippen LogP contribution in [0.15, 0.2) is 47.6 Å². The molecule has 5 N–H and O–H groups in total. The Kier molecular flexibility index (Phi) is 31.4. The first-order valence-corrected chi connectivity index (χ1v) is 21.4. The van der Waals surface area contributed by atoms with E-state index in [0.29, 0.717) is 6.42 Å². The second-order valence-corrected chi connectivity index (χ2v) is 16.0. The van der Waals surface area contributed by atoms with Crippen LogP contribution in [-0.2, 0) is 33.2 Å². The molecule has 15 atom stereocenters. The fraction of sp³-hybridized carbons (Fsp3) is 0.826. The Bertz CT molecular complexity index is 1140. The number of allylic oxidation sites excluding steroid dienone is 4. The molecule has 0 spiro atoms. The minimum Gasteiger partial charge on any atom is -0.400 e. The number of methoxy groups -OCH3 is 5. The lowest BCUT2D eigenvalue weighted by atomic mass is 9.91. The maximum absolute atomic E-state index is 10.6. The van der Waals surface area contributed by atoms with Crippen molar-refractivity contribution in [2.24, 2.45) is 23.7 Å². The molecule has 342 valence electrons. The predicted molar refractivity (Wildman–Crippen MR) is 232 cm³/mol. The summed E-state index contributed by atoms with van der Waals surface area (Å²) in [5.41, 5.74) is 2.40. The third-order valence-corrected chi connectivity index (χ3v) is 11.5. The summed E-state index contributed by atoms with van der Waals surface area (Å²) in [5.74, 6) is 0.568. The van der Waals surface area contributed by atoms with Crippen LogP contribution in [0.3, 0.4) is 0 Å². The highest BCUT2D eigenvalue weighted by molar-refractivity contribution is 5.14. The second kappa shape index (κ2) is 32.2. The van der Waals surface area contributed by atoms with E-state index in [0.717, 1.165) is 52.1 Å². The van der Waals surface area contributed by atoms with E-state index < -0.39 is 18.5 Å². The Balaban J connectivity index is 0.00000108. The number of epoxide rings is 2. The first-order valence-electron chi connectivity index (χ1n) is 21.4. The molecular weight excluding hydrogens is 744 g/mol. The monoisotopic (exact) mass is 831 g/mol. The quantitative estimate of drug-likeness (QED) is 0.0313. The summed E-state index contributed by atoms with van der Waals surface area (Å²) in [6.07, 6.45) is 17.2. The van der Waals surface area contributed by atoms with Crippen molar-refractivity contribution in [2.75, 3.05) is 49.3 Å². The number of aliphatic hydroxyl groups is 5. The zero-order valence-electron chi connectivity index (χ0n) is 38.6. The highest BCUT2D eigenvalue weighted by Crippen LogP contribution is 2.38. The van der Waals surface area contributed by atoms with E-state index in [1.165, 1.54) is 18.3 Å². The summed E-state index contributed by atoms with van der Waals surface area (Å²) in [7, 11) is 9.35. The van der Waals surface area contributed by atoms with Gasteiger partial charge in [0.1, 0.15) is 12.2 Å². The molecule has 0 radical (unpaired) electrons. The number of ether oxygens (including phenoxy) is 7. The van der Waals surface area contributed by atoms with Gasteiger partial charge in [0, 0.05) is 79.4 Å². The van der Waals surface area contributed by atoms with Crippen LogP contribution >= 0.6 is 0 Å². The largest absolute Gasteiger partial charge is 0.400 e. The fourth-order valence-electron chi connectivity index (χ4n) is 7.44. The van der Waals surface area contributed by atoms with Gasteiger partial charge in [-0.05, 0) is 58.8 Å². The fourth-order valence-corrected chi connectivity index (χ4v) is 7.44. The normalized spacial score (nSPS) is 25.3. The summed E-state index contributed by atoms with van der Waals surface area (Å²) >= 11 is 0. The van der Waals surface area contributed by atoms with Crippen molar-refractivity contribution in [3.63, 3.8) is 0 Å². The molecule has 2 aliphatic heterocycles. The third kappa shape index (κ3) is 21.3. The van der Waals surface area contributed by atoms with Crippen molar-refractivity contribution in [3.05, 3.63) is 47.6 Å². The first-order chi connectivity index (χ1) is 27.7. The molecule has 0 saturated carbocycles. The Morgan fingerprint density at radius 3 is 1.31 bits per heavy atom. The Hall–Kier alpha value is -1.52. The molecule has 0 amide bonds. The zero-order chi connectivity index (χ0) is 44.4. The van der Waals surface area contributed by atoms with E-state index >= 15 is 0 Å². The van der Waals surface area contributed by atoms with Crippen molar-refractivity contribution in [1.29, 1.82) is 0 Å². The summed E-state index contributed by atoms with van der Waals surface area (Å²) < 4.78 is 38.4. The van der Waals surface area contributed by atoms with Gasteiger partial charge in [0.15, 0.2) is 6.29 Å². The molecule has 0 aromatic heterocycles. The molecule has 2 rings (SSSR count). The Morgan fingerprint density at radius 1 is 0.586 bits per heavy atom. The topological polar surface area (TPSA) is 172 Å². The van der Waals surface area contributed by atoms with Crippen molar-refractivity contribution in [2.45, 2.75) is 174 Å². The van der Waals surface area contributed by atoms with Gasteiger partial charge in [0.25, 0.3) is 0 Å². The van der Waals surface area contributed by atoms with Gasteiger partial charge in [-0.25, -0.2) is 0 Å². The molecule has 0 aromatic carbocycles. The minimum absolute atomic E-state index is 0.000978. The maximum Gasteiger partial charge on any atom is 0.154 e. The molecule has 2 saturated heterocycles. The van der Waals surface area contributed by atoms with E-state index in [1.54, 1.807) is 28.4 Å². The average molecular weight is 831 g/mol. The highest BCUT2D eigenvalue weighted by atomic mass is 16.6. The van der Waals surface area contributed by atoms with Crippen LogP contribution in [0.5, 0.6) is 0 Å². The minimum atomic E-state index is -0.744. The molecule has 2 aliphatic rings. The molecule has 12 heteroatoms. The Labute approximate surface area is 352 Å². The molecule has 2 fully saturated rings. The molecule has 58 heavy (non-hydrogen) atoms. The molecular formula is C46H86O12. The highest BCUT2D eigenvalue weighted by Gasteiger charge is 2.51. The summed E-state index contributed by atoms with van der Waals surface area (Å²) in [6, 6.07) is 0. The van der Waals surface area contributed by atoms with E-state index in [9.17, 15) is 15.3 Å². The van der Waals surface area contributed by atoms with Crippen LogP contribution < -0.4 is 0 Å². The van der Waals surface area contributed by atoms with Crippen molar-refractivity contribution < 1.29 is 58.7 Å². The molecule has 12 nitrogen and oxygen atoms in total. The molecule has 13 unspecified atom stereocenters. The van der Waals surface area contributed by atoms with Gasteiger partial charge in [0.05, 0.1) is 48.8 Å². The third-order valence-electron chi connectivity index (χ3n) is 11.5. The molecule has 2 heterocycles. The number of hydrogen-bond acceptors (Lipinski definition) is 12. The molecule has 0 bridgehead atoms. The standard InChI is InChI=1S/C23H42O6.C22H40O5.CH4O/c1-8-19(27-6)17(4)22-23(29-22)21(25)16(3)11-9-10-15(2)14-18(26-5)12-13-20(24)28-7;1-7-19(26-6)17(4)21-22(27-21)20(24)16(3)11-8-10-15(2)14-18(25-5)12-9-13-23;1-2/h9-11,16-25H,8,12-14H2,1-7H3;8,10-11,16-24H,7,9,12-14H2,1-6H3;2H,1H3/b11-9+,15-10+;11-8+,15-10+;/t16?,17?,18-,19?,20+,21?,22?,23?;;/m1../s1. The van der Waals surface area contributed by atoms with E-state index in [4.69, 9.17) is 43.4 Å². The van der Waals surface area contributed by atoms with Gasteiger partial charge < -0.3 is 58.7 Å². The van der Waals surface area contributed by atoms with Gasteiger partial charge in [-0.3, -0.25) is 0 Å². The van der Waals surface area contributed by atoms with E-state index in [-0.39, 0.29) is 79.1 Å². The number of hydrogen-bond donors (Lipinski definition) is 5. The molecule has 0 aromatic rings. The van der Waals surface area contributed by atoms with E-state index in [2.05, 4.69) is 47.6 Å². The Morgan fingerprint density at radius 2 is 0.983 bits per heavy atom. The van der Waals surface area contributed by atoms with Crippen LogP contribution in [0.1, 0.15) is 107 Å². The van der Waals surface area contributed by atoms with E-state index in [1.807, 2.05) is 44.2 Å². The van der Waals surface area contributed by atoms with Crippen molar-refractivity contribution >= 4 is 0 Å². The predicted octanol–water partition coefficient (Wildman–Crippen LogP) is 6.57. The zero-order valence-corrected chi connectivity index (χ0v) is 38.6. The SMILES string of the molecule is CCC(OC)C(C)C1OC1C(O)C(C)/C=C/C=C(\C)CC(CCCO)OC.CCC(OC)C(C)C1OC1C(O)C(C)/C=C/C=C(\C)C[C@@H](CC[C@@H](O)OC)OC.CO. The second-order valence-electron chi connectivity index (χ2n) is 16.0. The smallest absolute Gasteiger partial charge is 0.154 e. The van der Waals surface area contributed by atoms with Gasteiger partial charge >= 0.3 is 0 Å².